The molecule has 2 heterocycles. The summed E-state index contributed by atoms with van der Waals surface area (Å²) in [6.07, 6.45) is 4.87. The lowest BCUT2D eigenvalue weighted by molar-refractivity contribution is 0.0158. The summed E-state index contributed by atoms with van der Waals surface area (Å²) in [6, 6.07) is 0.163. The lowest BCUT2D eigenvalue weighted by atomic mass is 9.89. The van der Waals surface area contributed by atoms with E-state index in [-0.39, 0.29) is 12.1 Å². The summed E-state index contributed by atoms with van der Waals surface area (Å²) in [5, 5.41) is 0. The normalized spacial score (nSPS) is 20.8. The van der Waals surface area contributed by atoms with Gasteiger partial charge in [0.25, 0.3) is 0 Å². The second kappa shape index (κ2) is 4.47. The first kappa shape index (κ1) is 13.4. The minimum atomic E-state index is -0.448. The fourth-order valence-corrected chi connectivity index (χ4v) is 3.22. The first-order valence-electron chi connectivity index (χ1n) is 7.33. The average Bonchev–Trinajstić information content (AvgIpc) is 2.74. The Morgan fingerprint density at radius 3 is 2.90 bits per heavy atom. The van der Waals surface area contributed by atoms with Crippen molar-refractivity contribution < 1.29 is 9.53 Å². The Bertz CT molecular complexity index is 560. The van der Waals surface area contributed by atoms with Gasteiger partial charge in [0.1, 0.15) is 5.60 Å². The molecule has 1 aliphatic heterocycles. The summed E-state index contributed by atoms with van der Waals surface area (Å²) in [5.41, 5.74) is 4.48. The van der Waals surface area contributed by atoms with E-state index in [1.54, 1.807) is 0 Å². The number of aryl methyl sites for hydroxylation is 2. The van der Waals surface area contributed by atoms with Crippen LogP contribution in [0.1, 0.15) is 62.0 Å². The zero-order valence-electron chi connectivity index (χ0n) is 12.7. The maximum Gasteiger partial charge on any atom is 0.411 e. The maximum absolute atomic E-state index is 12.4. The highest BCUT2D eigenvalue weighted by Gasteiger charge is 2.40. The lowest BCUT2D eigenvalue weighted by Crippen LogP contribution is -2.36. The van der Waals surface area contributed by atoms with Crippen LogP contribution in [0.3, 0.4) is 0 Å². The number of nitrogens with zero attached hydrogens (tertiary/aromatic N) is 2. The Morgan fingerprint density at radius 2 is 2.20 bits per heavy atom. The van der Waals surface area contributed by atoms with E-state index in [2.05, 4.69) is 11.9 Å². The van der Waals surface area contributed by atoms with Gasteiger partial charge < -0.3 is 4.74 Å². The monoisotopic (exact) mass is 274 g/mol. The summed E-state index contributed by atoms with van der Waals surface area (Å²) in [7, 11) is 0. The Balaban J connectivity index is 1.93. The molecule has 0 saturated carbocycles. The molecule has 1 aromatic rings. The number of pyridine rings is 1. The molecule has 0 aromatic carbocycles. The van der Waals surface area contributed by atoms with Gasteiger partial charge in [0.05, 0.1) is 12.6 Å². The Morgan fingerprint density at radius 1 is 1.45 bits per heavy atom. The third-order valence-electron chi connectivity index (χ3n) is 4.08. The van der Waals surface area contributed by atoms with Crippen LogP contribution in [0.5, 0.6) is 0 Å². The minimum Gasteiger partial charge on any atom is -0.444 e. The van der Waals surface area contributed by atoms with Gasteiger partial charge in [0, 0.05) is 17.5 Å². The first-order valence-corrected chi connectivity index (χ1v) is 7.33. The van der Waals surface area contributed by atoms with Crippen LogP contribution < -0.4 is 0 Å². The molecular weight excluding hydrogens is 252 g/mol. The quantitative estimate of drug-likeness (QED) is 0.727. The van der Waals surface area contributed by atoms with E-state index in [4.69, 9.17) is 4.74 Å². The van der Waals surface area contributed by atoms with E-state index >= 15 is 0 Å². The van der Waals surface area contributed by atoms with Crippen LogP contribution in [0.4, 0.5) is 4.79 Å². The Labute approximate surface area is 120 Å². The molecule has 108 valence electrons. The van der Waals surface area contributed by atoms with Gasteiger partial charge in [-0.3, -0.25) is 9.88 Å². The smallest absolute Gasteiger partial charge is 0.411 e. The van der Waals surface area contributed by atoms with E-state index in [0.717, 1.165) is 19.3 Å². The predicted molar refractivity (Wildman–Crippen MR) is 76.4 cm³/mol. The number of aromatic nitrogens is 1. The van der Waals surface area contributed by atoms with Crippen LogP contribution in [0.15, 0.2) is 6.20 Å². The molecule has 0 fully saturated rings. The molecule has 2 aliphatic rings. The number of hydrogen-bond donors (Lipinski definition) is 0. The van der Waals surface area contributed by atoms with Crippen molar-refractivity contribution >= 4 is 6.09 Å². The number of carbonyl (C=O) groups excluding carboxylic acids is 1. The van der Waals surface area contributed by atoms with Crippen molar-refractivity contribution in [3.05, 3.63) is 28.6 Å². The third-order valence-corrected chi connectivity index (χ3v) is 4.08. The van der Waals surface area contributed by atoms with Crippen LogP contribution in [-0.2, 0) is 17.7 Å². The SMILES string of the molecule is Cc1cnc2c3c1CN(C(=O)OC(C)(C)C)C3CCC2. The molecule has 20 heavy (non-hydrogen) atoms. The Hall–Kier alpha value is -1.58. The van der Waals surface area contributed by atoms with Crippen LogP contribution in [-0.4, -0.2) is 21.6 Å². The molecule has 0 bridgehead atoms. The highest BCUT2D eigenvalue weighted by molar-refractivity contribution is 5.71. The molecule has 4 heteroatoms. The van der Waals surface area contributed by atoms with Crippen molar-refractivity contribution in [3.63, 3.8) is 0 Å². The first-order chi connectivity index (χ1) is 9.37. The minimum absolute atomic E-state index is 0.163. The molecule has 1 amide bonds. The summed E-state index contributed by atoms with van der Waals surface area (Å²) in [5.74, 6) is 0. The third kappa shape index (κ3) is 2.17. The topological polar surface area (TPSA) is 42.4 Å². The number of carbonyl (C=O) groups is 1. The summed E-state index contributed by atoms with van der Waals surface area (Å²) in [4.78, 5) is 18.9. The molecule has 3 rings (SSSR count). The summed E-state index contributed by atoms with van der Waals surface area (Å²) < 4.78 is 5.56. The summed E-state index contributed by atoms with van der Waals surface area (Å²) in [6.45, 7) is 8.47. The van der Waals surface area contributed by atoms with Gasteiger partial charge >= 0.3 is 6.09 Å². The fourth-order valence-electron chi connectivity index (χ4n) is 3.22. The average molecular weight is 274 g/mol. The van der Waals surface area contributed by atoms with Crippen LogP contribution in [0.2, 0.25) is 0 Å². The van der Waals surface area contributed by atoms with Crippen LogP contribution >= 0.6 is 0 Å². The van der Waals surface area contributed by atoms with E-state index in [9.17, 15) is 4.79 Å². The lowest BCUT2D eigenvalue weighted by Gasteiger charge is -2.30. The second-order valence-corrected chi connectivity index (χ2v) is 6.80. The molecule has 1 unspecified atom stereocenters. The molecule has 0 saturated heterocycles. The van der Waals surface area contributed by atoms with E-state index in [1.807, 2.05) is 31.9 Å². The molecule has 1 aromatic heterocycles. The van der Waals surface area contributed by atoms with Gasteiger partial charge in [-0.25, -0.2) is 4.79 Å². The van der Waals surface area contributed by atoms with Gasteiger partial charge in [0.15, 0.2) is 0 Å². The highest BCUT2D eigenvalue weighted by Crippen LogP contribution is 2.43. The number of rotatable bonds is 0. The zero-order chi connectivity index (χ0) is 14.5. The number of amides is 1. The van der Waals surface area contributed by atoms with Crippen LogP contribution in [0.25, 0.3) is 0 Å². The van der Waals surface area contributed by atoms with E-state index in [0.29, 0.717) is 6.54 Å². The van der Waals surface area contributed by atoms with Crippen molar-refractivity contribution in [1.82, 2.24) is 9.88 Å². The molecule has 0 N–H and O–H groups in total. The molecule has 4 nitrogen and oxygen atoms in total. The van der Waals surface area contributed by atoms with Crippen molar-refractivity contribution in [3.8, 4) is 0 Å². The van der Waals surface area contributed by atoms with Crippen molar-refractivity contribution in [2.24, 2.45) is 0 Å². The standard InChI is InChI=1S/C16H22N2O2/c1-10-8-17-12-6-5-7-13-14(12)11(10)9-18(13)15(19)20-16(2,3)4/h8,13H,5-7,9H2,1-4H3. The van der Waals surface area contributed by atoms with Gasteiger partial charge in [0.2, 0.25) is 0 Å². The largest absolute Gasteiger partial charge is 0.444 e. The summed E-state index contributed by atoms with van der Waals surface area (Å²) >= 11 is 0. The van der Waals surface area contributed by atoms with Crippen molar-refractivity contribution in [2.45, 2.75) is 65.1 Å². The second-order valence-electron chi connectivity index (χ2n) is 6.80. The molecule has 1 aliphatic carbocycles. The van der Waals surface area contributed by atoms with Gasteiger partial charge in [-0.1, -0.05) is 0 Å². The van der Waals surface area contributed by atoms with Crippen molar-refractivity contribution in [2.75, 3.05) is 0 Å². The zero-order valence-corrected chi connectivity index (χ0v) is 12.7. The van der Waals surface area contributed by atoms with E-state index in [1.165, 1.54) is 22.4 Å². The van der Waals surface area contributed by atoms with Gasteiger partial charge in [-0.15, -0.1) is 0 Å². The molecular formula is C16H22N2O2. The van der Waals surface area contributed by atoms with Crippen LogP contribution in [0, 0.1) is 6.92 Å². The van der Waals surface area contributed by atoms with Crippen molar-refractivity contribution in [1.29, 1.82) is 0 Å². The number of hydrogen-bond acceptors (Lipinski definition) is 3. The number of ether oxygens (including phenoxy) is 1. The Kier molecular flexibility index (Phi) is 3.00. The van der Waals surface area contributed by atoms with Gasteiger partial charge in [-0.05, 0) is 58.1 Å². The predicted octanol–water partition coefficient (Wildman–Crippen LogP) is 3.52. The molecule has 0 spiro atoms. The molecule has 0 radical (unpaired) electrons. The highest BCUT2D eigenvalue weighted by atomic mass is 16.6. The molecule has 1 atom stereocenters. The van der Waals surface area contributed by atoms with Gasteiger partial charge in [-0.2, -0.15) is 0 Å². The fraction of sp³-hybridized carbons (Fsp3) is 0.625. The van der Waals surface area contributed by atoms with E-state index < -0.39 is 5.60 Å². The maximum atomic E-state index is 12.4.